The van der Waals surface area contributed by atoms with E-state index in [1.165, 1.54) is 0 Å². The Bertz CT molecular complexity index is 384. The molecule has 0 fully saturated rings. The van der Waals surface area contributed by atoms with Gasteiger partial charge in [0.1, 0.15) is 6.61 Å². The SMILES string of the molecule is CCNc1nc(OCCN(C)C)nc(OC(C)C)n1. The zero-order chi connectivity index (χ0) is 14.3. The first-order valence-corrected chi connectivity index (χ1v) is 6.45. The van der Waals surface area contributed by atoms with Crippen molar-refractivity contribution in [3.8, 4) is 12.0 Å². The zero-order valence-electron chi connectivity index (χ0n) is 12.3. The summed E-state index contributed by atoms with van der Waals surface area (Å²) in [7, 11) is 3.96. The molecule has 0 saturated heterocycles. The van der Waals surface area contributed by atoms with Gasteiger partial charge in [-0.3, -0.25) is 0 Å². The smallest absolute Gasteiger partial charge is 0.324 e. The van der Waals surface area contributed by atoms with Crippen LogP contribution in [0.2, 0.25) is 0 Å². The molecule has 7 nitrogen and oxygen atoms in total. The van der Waals surface area contributed by atoms with Crippen molar-refractivity contribution in [2.24, 2.45) is 0 Å². The maximum absolute atomic E-state index is 5.50. The Labute approximate surface area is 114 Å². The van der Waals surface area contributed by atoms with Crippen LogP contribution in [0.25, 0.3) is 0 Å². The average Bonchev–Trinajstić information content (AvgIpc) is 2.27. The minimum Gasteiger partial charge on any atom is -0.462 e. The van der Waals surface area contributed by atoms with Gasteiger partial charge in [0.2, 0.25) is 5.95 Å². The minimum atomic E-state index is 0.00602. The van der Waals surface area contributed by atoms with Gasteiger partial charge in [-0.25, -0.2) is 0 Å². The summed E-state index contributed by atoms with van der Waals surface area (Å²) >= 11 is 0. The van der Waals surface area contributed by atoms with E-state index in [1.807, 2.05) is 39.8 Å². The van der Waals surface area contributed by atoms with Crippen molar-refractivity contribution in [3.05, 3.63) is 0 Å². The van der Waals surface area contributed by atoms with Crippen molar-refractivity contribution in [3.63, 3.8) is 0 Å². The van der Waals surface area contributed by atoms with Crippen LogP contribution in [0.5, 0.6) is 12.0 Å². The highest BCUT2D eigenvalue weighted by Crippen LogP contribution is 2.13. The highest BCUT2D eigenvalue weighted by molar-refractivity contribution is 5.27. The van der Waals surface area contributed by atoms with Gasteiger partial charge in [0, 0.05) is 13.1 Å². The summed E-state index contributed by atoms with van der Waals surface area (Å²) < 4.78 is 11.0. The first-order valence-electron chi connectivity index (χ1n) is 6.45. The summed E-state index contributed by atoms with van der Waals surface area (Å²) in [5.74, 6) is 0.466. The van der Waals surface area contributed by atoms with E-state index in [4.69, 9.17) is 9.47 Å². The van der Waals surface area contributed by atoms with E-state index in [2.05, 4.69) is 20.3 Å². The molecule has 0 radical (unpaired) electrons. The van der Waals surface area contributed by atoms with Crippen molar-refractivity contribution in [2.45, 2.75) is 26.9 Å². The Kier molecular flexibility index (Phi) is 6.27. The number of anilines is 1. The Morgan fingerprint density at radius 2 is 1.84 bits per heavy atom. The maximum Gasteiger partial charge on any atom is 0.324 e. The van der Waals surface area contributed by atoms with Crippen molar-refractivity contribution in [2.75, 3.05) is 39.1 Å². The van der Waals surface area contributed by atoms with Gasteiger partial charge in [-0.05, 0) is 34.9 Å². The molecule has 0 aliphatic heterocycles. The molecule has 0 aliphatic carbocycles. The number of aromatic nitrogens is 3. The summed E-state index contributed by atoms with van der Waals surface area (Å²) in [5.41, 5.74) is 0. The van der Waals surface area contributed by atoms with Crippen molar-refractivity contribution >= 4 is 5.95 Å². The van der Waals surface area contributed by atoms with Crippen LogP contribution in [-0.2, 0) is 0 Å². The first-order chi connectivity index (χ1) is 9.01. The van der Waals surface area contributed by atoms with Gasteiger partial charge < -0.3 is 19.7 Å². The topological polar surface area (TPSA) is 72.4 Å². The van der Waals surface area contributed by atoms with E-state index in [1.54, 1.807) is 0 Å². The predicted molar refractivity (Wildman–Crippen MR) is 73.8 cm³/mol. The number of hydrogen-bond donors (Lipinski definition) is 1. The third-order valence-corrected chi connectivity index (χ3v) is 2.04. The van der Waals surface area contributed by atoms with E-state index >= 15 is 0 Å². The monoisotopic (exact) mass is 269 g/mol. The lowest BCUT2D eigenvalue weighted by molar-refractivity contribution is 0.208. The van der Waals surface area contributed by atoms with Crippen LogP contribution in [0.3, 0.4) is 0 Å². The van der Waals surface area contributed by atoms with Gasteiger partial charge in [0.25, 0.3) is 0 Å². The molecule has 0 atom stereocenters. The van der Waals surface area contributed by atoms with E-state index in [0.717, 1.165) is 13.1 Å². The van der Waals surface area contributed by atoms with Crippen LogP contribution < -0.4 is 14.8 Å². The maximum atomic E-state index is 5.50. The second-order valence-corrected chi connectivity index (χ2v) is 4.57. The molecule has 0 saturated carbocycles. The summed E-state index contributed by atoms with van der Waals surface area (Å²) in [6.07, 6.45) is 0.00602. The molecule has 1 heterocycles. The largest absolute Gasteiger partial charge is 0.462 e. The van der Waals surface area contributed by atoms with Crippen molar-refractivity contribution in [1.82, 2.24) is 19.9 Å². The molecule has 0 unspecified atom stereocenters. The molecule has 0 bridgehead atoms. The third-order valence-electron chi connectivity index (χ3n) is 2.04. The Balaban J connectivity index is 2.74. The molecular formula is C12H23N5O2. The minimum absolute atomic E-state index is 0.00602. The van der Waals surface area contributed by atoms with Gasteiger partial charge in [0.05, 0.1) is 6.10 Å². The summed E-state index contributed by atoms with van der Waals surface area (Å²) in [4.78, 5) is 14.5. The first kappa shape index (κ1) is 15.4. The molecule has 0 spiro atoms. The number of ether oxygens (including phenoxy) is 2. The van der Waals surface area contributed by atoms with Crippen LogP contribution in [0, 0.1) is 0 Å². The molecule has 0 aliphatic rings. The fourth-order valence-electron chi connectivity index (χ4n) is 1.22. The molecule has 0 aromatic carbocycles. The lowest BCUT2D eigenvalue weighted by Crippen LogP contribution is -2.20. The van der Waals surface area contributed by atoms with E-state index in [9.17, 15) is 0 Å². The van der Waals surface area contributed by atoms with Gasteiger partial charge in [-0.2, -0.15) is 9.97 Å². The van der Waals surface area contributed by atoms with E-state index < -0.39 is 0 Å². The molecule has 1 rings (SSSR count). The molecular weight excluding hydrogens is 246 g/mol. The molecule has 1 N–H and O–H groups in total. The molecule has 0 amide bonds. The lowest BCUT2D eigenvalue weighted by Gasteiger charge is -2.12. The summed E-state index contributed by atoms with van der Waals surface area (Å²) in [6, 6.07) is 0.559. The van der Waals surface area contributed by atoms with Gasteiger partial charge in [-0.1, -0.05) is 0 Å². The number of nitrogens with zero attached hydrogens (tertiary/aromatic N) is 4. The number of nitrogens with one attached hydrogen (secondary N) is 1. The van der Waals surface area contributed by atoms with E-state index in [0.29, 0.717) is 12.6 Å². The third kappa shape index (κ3) is 6.19. The highest BCUT2D eigenvalue weighted by atomic mass is 16.5. The number of likely N-dealkylation sites (N-methyl/N-ethyl adjacent to an activating group) is 1. The summed E-state index contributed by atoms with van der Waals surface area (Å²) in [6.45, 7) is 7.85. The van der Waals surface area contributed by atoms with Crippen LogP contribution in [-0.4, -0.2) is 59.7 Å². The van der Waals surface area contributed by atoms with Crippen molar-refractivity contribution < 1.29 is 9.47 Å². The predicted octanol–water partition coefficient (Wildman–Crippen LogP) is 1.03. The Morgan fingerprint density at radius 1 is 1.16 bits per heavy atom. The molecule has 19 heavy (non-hydrogen) atoms. The van der Waals surface area contributed by atoms with Gasteiger partial charge in [-0.15, -0.1) is 4.98 Å². The highest BCUT2D eigenvalue weighted by Gasteiger charge is 2.09. The zero-order valence-corrected chi connectivity index (χ0v) is 12.3. The second-order valence-electron chi connectivity index (χ2n) is 4.57. The molecule has 1 aromatic heterocycles. The van der Waals surface area contributed by atoms with Gasteiger partial charge in [0.15, 0.2) is 0 Å². The quantitative estimate of drug-likeness (QED) is 0.755. The molecule has 7 heteroatoms. The van der Waals surface area contributed by atoms with Gasteiger partial charge >= 0.3 is 12.0 Å². The van der Waals surface area contributed by atoms with Crippen molar-refractivity contribution in [1.29, 1.82) is 0 Å². The second kappa shape index (κ2) is 7.73. The van der Waals surface area contributed by atoms with E-state index in [-0.39, 0.29) is 18.1 Å². The summed E-state index contributed by atoms with van der Waals surface area (Å²) in [5, 5.41) is 3.03. The fraction of sp³-hybridized carbons (Fsp3) is 0.750. The number of rotatable bonds is 8. The molecule has 108 valence electrons. The molecule has 1 aromatic rings. The Morgan fingerprint density at radius 3 is 2.42 bits per heavy atom. The Hall–Kier alpha value is -1.63. The average molecular weight is 269 g/mol. The standard InChI is InChI=1S/C12H23N5O2/c1-6-13-10-14-11(18-8-7-17(4)5)16-12(15-10)19-9(2)3/h9H,6-8H2,1-5H3,(H,13,14,15,16). The van der Waals surface area contributed by atoms with Crippen LogP contribution in [0.15, 0.2) is 0 Å². The fourth-order valence-corrected chi connectivity index (χ4v) is 1.22. The van der Waals surface area contributed by atoms with Crippen LogP contribution in [0.4, 0.5) is 5.95 Å². The number of hydrogen-bond acceptors (Lipinski definition) is 7. The lowest BCUT2D eigenvalue weighted by atomic mass is 10.5. The normalized spacial score (nSPS) is 10.9. The van der Waals surface area contributed by atoms with Crippen LogP contribution >= 0.6 is 0 Å². The van der Waals surface area contributed by atoms with Crippen LogP contribution in [0.1, 0.15) is 20.8 Å².